The SMILES string of the molecule is CCN(CC(=O)Nc1c(Cl)cccc1Cl)C(=O)c1nc(SC)ncc1Cl. The molecule has 2 aromatic rings. The fourth-order valence-electron chi connectivity index (χ4n) is 2.05. The molecule has 0 aliphatic carbocycles. The number of thioether (sulfide) groups is 1. The molecule has 0 aliphatic rings. The van der Waals surface area contributed by atoms with E-state index >= 15 is 0 Å². The number of hydrogen-bond acceptors (Lipinski definition) is 5. The Balaban J connectivity index is 2.16. The third-order valence-electron chi connectivity index (χ3n) is 3.34. The Bertz CT molecular complexity index is 815. The molecule has 2 amide bonds. The number of aromatic nitrogens is 2. The number of nitrogens with one attached hydrogen (secondary N) is 1. The maximum atomic E-state index is 12.7. The van der Waals surface area contributed by atoms with Gasteiger partial charge in [0.05, 0.1) is 27.0 Å². The molecule has 0 unspecified atom stereocenters. The number of likely N-dealkylation sites (N-methyl/N-ethyl adjacent to an activating group) is 1. The van der Waals surface area contributed by atoms with E-state index in [1.807, 2.05) is 0 Å². The average Bonchev–Trinajstić information content (AvgIpc) is 2.62. The lowest BCUT2D eigenvalue weighted by molar-refractivity contribution is -0.116. The van der Waals surface area contributed by atoms with Crippen molar-refractivity contribution < 1.29 is 9.59 Å². The predicted octanol–water partition coefficient (Wildman–Crippen LogP) is 4.26. The van der Waals surface area contributed by atoms with Crippen LogP contribution in [0.3, 0.4) is 0 Å². The van der Waals surface area contributed by atoms with Gasteiger partial charge in [-0.05, 0) is 25.3 Å². The highest BCUT2D eigenvalue weighted by Gasteiger charge is 2.22. The van der Waals surface area contributed by atoms with Crippen LogP contribution in [0, 0.1) is 0 Å². The van der Waals surface area contributed by atoms with Crippen LogP contribution in [0.2, 0.25) is 15.1 Å². The van der Waals surface area contributed by atoms with Crippen LogP contribution < -0.4 is 5.32 Å². The van der Waals surface area contributed by atoms with E-state index in [-0.39, 0.29) is 23.8 Å². The fraction of sp³-hybridized carbons (Fsp3) is 0.250. The molecular formula is C16H15Cl3N4O2S. The minimum atomic E-state index is -0.462. The lowest BCUT2D eigenvalue weighted by atomic mass is 10.3. The first-order valence-corrected chi connectivity index (χ1v) is 9.82. The fourth-order valence-corrected chi connectivity index (χ4v) is 3.05. The minimum Gasteiger partial charge on any atom is -0.328 e. The molecule has 0 bridgehead atoms. The molecule has 0 aliphatic heterocycles. The Labute approximate surface area is 170 Å². The van der Waals surface area contributed by atoms with Crippen molar-refractivity contribution in [2.75, 3.05) is 24.7 Å². The molecular weight excluding hydrogens is 419 g/mol. The number of carbonyl (C=O) groups is 2. The molecule has 1 aromatic heterocycles. The number of para-hydroxylation sites is 1. The van der Waals surface area contributed by atoms with E-state index in [1.165, 1.54) is 22.9 Å². The maximum Gasteiger partial charge on any atom is 0.274 e. The van der Waals surface area contributed by atoms with Crippen LogP contribution in [0.1, 0.15) is 17.4 Å². The second-order valence-corrected chi connectivity index (χ2v) is 7.01. The van der Waals surface area contributed by atoms with Gasteiger partial charge in [-0.25, -0.2) is 9.97 Å². The molecule has 10 heteroatoms. The summed E-state index contributed by atoms with van der Waals surface area (Å²) in [4.78, 5) is 34.5. The van der Waals surface area contributed by atoms with Crippen LogP contribution in [-0.4, -0.2) is 46.0 Å². The minimum absolute atomic E-state index is 0.0523. The van der Waals surface area contributed by atoms with Crippen molar-refractivity contribution in [3.63, 3.8) is 0 Å². The van der Waals surface area contributed by atoms with Gasteiger partial charge in [0.2, 0.25) is 5.91 Å². The third-order valence-corrected chi connectivity index (χ3v) is 4.81. The second kappa shape index (κ2) is 9.41. The zero-order valence-electron chi connectivity index (χ0n) is 13.9. The summed E-state index contributed by atoms with van der Waals surface area (Å²) in [6, 6.07) is 4.88. The van der Waals surface area contributed by atoms with Crippen LogP contribution in [0.25, 0.3) is 0 Å². The Kier molecular flexibility index (Phi) is 7.52. The molecule has 0 saturated carbocycles. The standard InChI is InChI=1S/C16H15Cl3N4O2S/c1-3-23(15(25)14-11(19)7-20-16(22-14)26-2)8-12(24)21-13-9(17)5-4-6-10(13)18/h4-7H,3,8H2,1-2H3,(H,21,24). The summed E-state index contributed by atoms with van der Waals surface area (Å²) in [7, 11) is 0. The zero-order valence-corrected chi connectivity index (χ0v) is 17.0. The van der Waals surface area contributed by atoms with E-state index in [2.05, 4.69) is 15.3 Å². The molecule has 1 N–H and O–H groups in total. The number of halogens is 3. The number of anilines is 1. The second-order valence-electron chi connectivity index (χ2n) is 5.02. The average molecular weight is 434 g/mol. The van der Waals surface area contributed by atoms with E-state index in [0.717, 1.165) is 0 Å². The van der Waals surface area contributed by atoms with Gasteiger partial charge >= 0.3 is 0 Å². The lowest BCUT2D eigenvalue weighted by Crippen LogP contribution is -2.38. The molecule has 6 nitrogen and oxygen atoms in total. The summed E-state index contributed by atoms with van der Waals surface area (Å²) < 4.78 is 0. The third kappa shape index (κ3) is 5.01. The van der Waals surface area contributed by atoms with Crippen molar-refractivity contribution in [3.05, 3.63) is 45.2 Å². The number of nitrogens with zero attached hydrogens (tertiary/aromatic N) is 3. The summed E-state index contributed by atoms with van der Waals surface area (Å²) in [6.07, 6.45) is 3.15. The Morgan fingerprint density at radius 3 is 2.42 bits per heavy atom. The van der Waals surface area contributed by atoms with Gasteiger partial charge in [-0.1, -0.05) is 52.6 Å². The first-order valence-electron chi connectivity index (χ1n) is 7.47. The van der Waals surface area contributed by atoms with Crippen LogP contribution in [0.4, 0.5) is 5.69 Å². The van der Waals surface area contributed by atoms with Crippen molar-refractivity contribution in [1.82, 2.24) is 14.9 Å². The molecule has 0 fully saturated rings. The summed E-state index contributed by atoms with van der Waals surface area (Å²) in [6.45, 7) is 1.83. The van der Waals surface area contributed by atoms with E-state index in [0.29, 0.717) is 20.9 Å². The molecule has 1 heterocycles. The number of benzene rings is 1. The first-order chi connectivity index (χ1) is 12.4. The van der Waals surface area contributed by atoms with Crippen molar-refractivity contribution in [1.29, 1.82) is 0 Å². The van der Waals surface area contributed by atoms with Crippen molar-refractivity contribution in [3.8, 4) is 0 Å². The Hall–Kier alpha value is -1.54. The van der Waals surface area contributed by atoms with Gasteiger partial charge in [-0.3, -0.25) is 9.59 Å². The highest BCUT2D eigenvalue weighted by atomic mass is 35.5. The van der Waals surface area contributed by atoms with E-state index in [4.69, 9.17) is 34.8 Å². The van der Waals surface area contributed by atoms with Gasteiger partial charge in [0.1, 0.15) is 6.54 Å². The van der Waals surface area contributed by atoms with Crippen LogP contribution in [0.15, 0.2) is 29.6 Å². The van der Waals surface area contributed by atoms with Crippen molar-refractivity contribution in [2.45, 2.75) is 12.1 Å². The molecule has 138 valence electrons. The van der Waals surface area contributed by atoms with Gasteiger partial charge in [-0.15, -0.1) is 0 Å². The first kappa shape index (κ1) is 20.8. The monoisotopic (exact) mass is 432 g/mol. The quantitative estimate of drug-likeness (QED) is 0.544. The summed E-state index contributed by atoms with van der Waals surface area (Å²) in [5.74, 6) is -0.902. The topological polar surface area (TPSA) is 75.2 Å². The molecule has 0 spiro atoms. The molecule has 0 saturated heterocycles. The molecule has 2 rings (SSSR count). The van der Waals surface area contributed by atoms with E-state index < -0.39 is 11.8 Å². The van der Waals surface area contributed by atoms with Crippen LogP contribution in [-0.2, 0) is 4.79 Å². The van der Waals surface area contributed by atoms with Gasteiger partial charge in [0.25, 0.3) is 5.91 Å². The van der Waals surface area contributed by atoms with Gasteiger partial charge in [0.15, 0.2) is 10.9 Å². The van der Waals surface area contributed by atoms with Crippen LogP contribution in [0.5, 0.6) is 0 Å². The van der Waals surface area contributed by atoms with Crippen molar-refractivity contribution >= 4 is 64.1 Å². The highest BCUT2D eigenvalue weighted by molar-refractivity contribution is 7.98. The summed E-state index contributed by atoms with van der Waals surface area (Å²) in [5, 5.41) is 3.78. The number of carbonyl (C=O) groups excluding carboxylic acids is 2. The molecule has 26 heavy (non-hydrogen) atoms. The van der Waals surface area contributed by atoms with Crippen LogP contribution >= 0.6 is 46.6 Å². The van der Waals surface area contributed by atoms with Gasteiger partial charge in [0, 0.05) is 6.54 Å². The Morgan fingerprint density at radius 1 is 1.19 bits per heavy atom. The normalized spacial score (nSPS) is 10.5. The number of rotatable bonds is 6. The molecule has 0 radical (unpaired) electrons. The molecule has 1 aromatic carbocycles. The zero-order chi connectivity index (χ0) is 19.3. The predicted molar refractivity (Wildman–Crippen MR) is 105 cm³/mol. The van der Waals surface area contributed by atoms with E-state index in [9.17, 15) is 9.59 Å². The lowest BCUT2D eigenvalue weighted by Gasteiger charge is -2.21. The number of amides is 2. The smallest absolute Gasteiger partial charge is 0.274 e. The largest absolute Gasteiger partial charge is 0.328 e. The molecule has 0 atom stereocenters. The maximum absolute atomic E-state index is 12.7. The van der Waals surface area contributed by atoms with Gasteiger partial charge in [-0.2, -0.15) is 0 Å². The summed E-state index contributed by atoms with van der Waals surface area (Å²) >= 11 is 19.4. The Morgan fingerprint density at radius 2 is 1.85 bits per heavy atom. The number of hydrogen-bond donors (Lipinski definition) is 1. The summed E-state index contributed by atoms with van der Waals surface area (Å²) in [5.41, 5.74) is 0.352. The van der Waals surface area contributed by atoms with E-state index in [1.54, 1.807) is 31.4 Å². The van der Waals surface area contributed by atoms with Crippen molar-refractivity contribution in [2.24, 2.45) is 0 Å². The highest BCUT2D eigenvalue weighted by Crippen LogP contribution is 2.29. The van der Waals surface area contributed by atoms with Gasteiger partial charge < -0.3 is 10.2 Å².